The Morgan fingerprint density at radius 2 is 2.00 bits per heavy atom. The first kappa shape index (κ1) is 16.3. The maximum atomic E-state index is 5.30. The molecule has 1 atom stereocenters. The van der Waals surface area contributed by atoms with Gasteiger partial charge in [0.25, 0.3) is 0 Å². The third-order valence-electron chi connectivity index (χ3n) is 2.56. The highest BCUT2D eigenvalue weighted by Gasteiger charge is 2.19. The Morgan fingerprint density at radius 3 is 2.53 bits per heavy atom. The average Bonchev–Trinajstić information content (AvgIpc) is 2.32. The summed E-state index contributed by atoms with van der Waals surface area (Å²) < 4.78 is 11.1. The lowest BCUT2D eigenvalue weighted by Crippen LogP contribution is -2.27. The van der Waals surface area contributed by atoms with Crippen LogP contribution in [0.4, 0.5) is 5.82 Å². The lowest BCUT2D eigenvalue weighted by atomic mass is 9.96. The van der Waals surface area contributed by atoms with Crippen LogP contribution in [0.15, 0.2) is 10.7 Å². The highest BCUT2D eigenvalue weighted by Crippen LogP contribution is 2.22. The van der Waals surface area contributed by atoms with Crippen LogP contribution < -0.4 is 5.32 Å². The van der Waals surface area contributed by atoms with Crippen molar-refractivity contribution < 1.29 is 9.47 Å². The zero-order valence-corrected chi connectivity index (χ0v) is 13.7. The minimum atomic E-state index is -0.0899. The first-order chi connectivity index (χ1) is 8.86. The maximum Gasteiger partial charge on any atom is 0.137 e. The Labute approximate surface area is 123 Å². The van der Waals surface area contributed by atoms with Crippen molar-refractivity contribution >= 4 is 21.7 Å². The molecule has 1 aromatic heterocycles. The van der Waals surface area contributed by atoms with Gasteiger partial charge in [0.15, 0.2) is 0 Å². The summed E-state index contributed by atoms with van der Waals surface area (Å²) in [4.78, 5) is 8.92. The van der Waals surface area contributed by atoms with Crippen LogP contribution >= 0.6 is 15.9 Å². The fourth-order valence-corrected chi connectivity index (χ4v) is 1.84. The summed E-state index contributed by atoms with van der Waals surface area (Å²) >= 11 is 3.41. The third-order valence-corrected chi connectivity index (χ3v) is 2.97. The van der Waals surface area contributed by atoms with E-state index in [2.05, 4.69) is 52.0 Å². The van der Waals surface area contributed by atoms with Gasteiger partial charge < -0.3 is 14.8 Å². The molecule has 0 fully saturated rings. The monoisotopic (exact) mass is 331 g/mol. The van der Waals surface area contributed by atoms with Gasteiger partial charge in [-0.1, -0.05) is 20.8 Å². The van der Waals surface area contributed by atoms with Crippen molar-refractivity contribution in [1.29, 1.82) is 0 Å². The van der Waals surface area contributed by atoms with E-state index in [1.54, 1.807) is 14.2 Å². The summed E-state index contributed by atoms with van der Waals surface area (Å²) in [6.07, 6.45) is -0.00294. The minimum absolute atomic E-state index is 0.00294. The number of methoxy groups -OCH3 is 2. The van der Waals surface area contributed by atoms with E-state index in [1.165, 1.54) is 0 Å². The summed E-state index contributed by atoms with van der Waals surface area (Å²) in [5.74, 6) is 1.58. The molecule has 19 heavy (non-hydrogen) atoms. The molecule has 1 aromatic rings. The SMILES string of the molecule is COCC(CNc1cc(Br)nc(C(C)(C)C)n1)OC. The van der Waals surface area contributed by atoms with Crippen molar-refractivity contribution in [3.8, 4) is 0 Å². The number of ether oxygens (including phenoxy) is 2. The van der Waals surface area contributed by atoms with Crippen LogP contribution in [0.1, 0.15) is 26.6 Å². The van der Waals surface area contributed by atoms with Crippen LogP contribution in [0.5, 0.6) is 0 Å². The van der Waals surface area contributed by atoms with Gasteiger partial charge in [-0.25, -0.2) is 9.97 Å². The van der Waals surface area contributed by atoms with Gasteiger partial charge in [-0.3, -0.25) is 0 Å². The van der Waals surface area contributed by atoms with Crippen LogP contribution in [0.3, 0.4) is 0 Å². The molecule has 5 nitrogen and oxygen atoms in total. The molecule has 0 aliphatic rings. The Morgan fingerprint density at radius 1 is 1.32 bits per heavy atom. The van der Waals surface area contributed by atoms with Gasteiger partial charge in [0.2, 0.25) is 0 Å². The highest BCUT2D eigenvalue weighted by atomic mass is 79.9. The van der Waals surface area contributed by atoms with Gasteiger partial charge >= 0.3 is 0 Å². The van der Waals surface area contributed by atoms with Crippen molar-refractivity contribution in [3.63, 3.8) is 0 Å². The van der Waals surface area contributed by atoms with Gasteiger partial charge in [-0.05, 0) is 15.9 Å². The van der Waals surface area contributed by atoms with E-state index < -0.39 is 0 Å². The summed E-state index contributed by atoms with van der Waals surface area (Å²) in [5, 5.41) is 3.25. The second-order valence-corrected chi connectivity index (χ2v) is 6.16. The number of nitrogens with one attached hydrogen (secondary N) is 1. The third kappa shape index (κ3) is 5.42. The minimum Gasteiger partial charge on any atom is -0.382 e. The highest BCUT2D eigenvalue weighted by molar-refractivity contribution is 9.10. The van der Waals surface area contributed by atoms with Crippen LogP contribution in [-0.4, -0.2) is 43.4 Å². The molecule has 108 valence electrons. The van der Waals surface area contributed by atoms with Crippen LogP contribution in [-0.2, 0) is 14.9 Å². The fourth-order valence-electron chi connectivity index (χ4n) is 1.46. The van der Waals surface area contributed by atoms with E-state index in [0.29, 0.717) is 13.2 Å². The maximum absolute atomic E-state index is 5.30. The Hall–Kier alpha value is -0.720. The zero-order valence-electron chi connectivity index (χ0n) is 12.2. The number of rotatable bonds is 6. The number of nitrogens with zero attached hydrogens (tertiary/aromatic N) is 2. The van der Waals surface area contributed by atoms with Crippen LogP contribution in [0.2, 0.25) is 0 Å². The molecule has 0 spiro atoms. The summed E-state index contributed by atoms with van der Waals surface area (Å²) in [6.45, 7) is 7.43. The summed E-state index contributed by atoms with van der Waals surface area (Å²) in [5.41, 5.74) is -0.0899. The molecule has 0 bridgehead atoms. The number of aromatic nitrogens is 2. The van der Waals surface area contributed by atoms with E-state index in [9.17, 15) is 0 Å². The lowest BCUT2D eigenvalue weighted by molar-refractivity contribution is 0.0365. The Bertz CT molecular complexity index is 407. The average molecular weight is 332 g/mol. The van der Waals surface area contributed by atoms with Crippen molar-refractivity contribution in [1.82, 2.24) is 9.97 Å². The van der Waals surface area contributed by atoms with Gasteiger partial charge in [0.05, 0.1) is 12.7 Å². The molecule has 0 aromatic carbocycles. The van der Waals surface area contributed by atoms with Gasteiger partial charge in [0.1, 0.15) is 16.2 Å². The quantitative estimate of drug-likeness (QED) is 0.812. The molecule has 0 radical (unpaired) electrons. The molecule has 1 unspecified atom stereocenters. The first-order valence-electron chi connectivity index (χ1n) is 6.17. The van der Waals surface area contributed by atoms with E-state index >= 15 is 0 Å². The van der Waals surface area contributed by atoms with Crippen LogP contribution in [0.25, 0.3) is 0 Å². The Kier molecular flexibility index (Phi) is 6.16. The van der Waals surface area contributed by atoms with Crippen molar-refractivity contribution in [2.75, 3.05) is 32.7 Å². The second kappa shape index (κ2) is 7.17. The zero-order chi connectivity index (χ0) is 14.5. The first-order valence-corrected chi connectivity index (χ1v) is 6.96. The van der Waals surface area contributed by atoms with Crippen molar-refractivity contribution in [3.05, 3.63) is 16.5 Å². The molecule has 0 aliphatic heterocycles. The number of hydrogen-bond acceptors (Lipinski definition) is 5. The molecule has 0 saturated heterocycles. The van der Waals surface area contributed by atoms with Crippen LogP contribution in [0, 0.1) is 0 Å². The normalized spacial score (nSPS) is 13.4. The van der Waals surface area contributed by atoms with Gasteiger partial charge in [0, 0.05) is 32.2 Å². The molecule has 0 amide bonds. The van der Waals surface area contributed by atoms with Crippen molar-refractivity contribution in [2.45, 2.75) is 32.3 Å². The number of halogens is 1. The smallest absolute Gasteiger partial charge is 0.137 e. The molecule has 0 saturated carbocycles. The van der Waals surface area contributed by atoms with E-state index in [4.69, 9.17) is 9.47 Å². The predicted octanol–water partition coefficient (Wildman–Crippen LogP) is 2.61. The lowest BCUT2D eigenvalue weighted by Gasteiger charge is -2.19. The fraction of sp³-hybridized carbons (Fsp3) is 0.692. The van der Waals surface area contributed by atoms with Gasteiger partial charge in [-0.15, -0.1) is 0 Å². The predicted molar refractivity (Wildman–Crippen MR) is 79.6 cm³/mol. The molecule has 1 N–H and O–H groups in total. The van der Waals surface area contributed by atoms with Crippen molar-refractivity contribution in [2.24, 2.45) is 0 Å². The topological polar surface area (TPSA) is 56.3 Å². The van der Waals surface area contributed by atoms with Gasteiger partial charge in [-0.2, -0.15) is 0 Å². The standard InChI is InChI=1S/C13H22BrN3O2/c1-13(2,3)12-16-10(14)6-11(17-12)15-7-9(19-5)8-18-4/h6,9H,7-8H2,1-5H3,(H,15,16,17). The second-order valence-electron chi connectivity index (χ2n) is 5.34. The van der Waals surface area contributed by atoms with E-state index in [1.807, 2.05) is 6.07 Å². The molecular formula is C13H22BrN3O2. The Balaban J connectivity index is 2.76. The summed E-state index contributed by atoms with van der Waals surface area (Å²) in [6, 6.07) is 1.86. The summed E-state index contributed by atoms with van der Waals surface area (Å²) in [7, 11) is 3.33. The molecule has 6 heteroatoms. The number of hydrogen-bond donors (Lipinski definition) is 1. The van der Waals surface area contributed by atoms with E-state index in [-0.39, 0.29) is 11.5 Å². The molecule has 1 rings (SSSR count). The largest absolute Gasteiger partial charge is 0.382 e. The van der Waals surface area contributed by atoms with E-state index in [0.717, 1.165) is 16.2 Å². The molecular weight excluding hydrogens is 310 g/mol. The molecule has 1 heterocycles. The molecule has 0 aliphatic carbocycles. The number of anilines is 1.